The van der Waals surface area contributed by atoms with Crippen LogP contribution >= 0.6 is 0 Å². The van der Waals surface area contributed by atoms with Crippen LogP contribution in [-0.4, -0.2) is 121 Å². The minimum Gasteiger partial charge on any atom is -0.444 e. The smallest absolute Gasteiger partial charge is 0.444 e. The molecule has 0 aliphatic carbocycles. The molecular formula is C35H55F6N3O13S2. The van der Waals surface area contributed by atoms with Gasteiger partial charge in [-0.2, -0.15) is 43.2 Å². The molecule has 0 N–H and O–H groups in total. The molecule has 1 saturated heterocycles. The van der Waals surface area contributed by atoms with E-state index in [1.807, 2.05) is 27.7 Å². The highest BCUT2D eigenvalue weighted by atomic mass is 32.2. The summed E-state index contributed by atoms with van der Waals surface area (Å²) in [6.07, 6.45) is 1.27. The van der Waals surface area contributed by atoms with Crippen LogP contribution in [0.5, 0.6) is 0 Å². The third-order valence-corrected chi connectivity index (χ3v) is 9.63. The number of amides is 3. The minimum absolute atomic E-state index is 0.00467. The van der Waals surface area contributed by atoms with Crippen molar-refractivity contribution in [2.75, 3.05) is 19.6 Å². The first-order valence-electron chi connectivity index (χ1n) is 18.2. The Morgan fingerprint density at radius 1 is 0.593 bits per heavy atom. The van der Waals surface area contributed by atoms with Gasteiger partial charge in [-0.25, -0.2) is 14.4 Å². The van der Waals surface area contributed by atoms with E-state index in [9.17, 15) is 62.4 Å². The zero-order chi connectivity index (χ0) is 46.3. The molecule has 3 rings (SSSR count). The fourth-order valence-electron chi connectivity index (χ4n) is 5.01. The maximum Gasteiger partial charge on any atom is 0.534 e. The number of ketones is 1. The summed E-state index contributed by atoms with van der Waals surface area (Å²) in [6, 6.07) is -1.25. The number of halogens is 6. The van der Waals surface area contributed by atoms with Gasteiger partial charge < -0.3 is 37.3 Å². The first-order chi connectivity index (χ1) is 26.2. The lowest BCUT2D eigenvalue weighted by molar-refractivity contribution is -0.122. The number of piperidine rings is 1. The van der Waals surface area contributed by atoms with Gasteiger partial charge in [-0.05, 0) is 95.2 Å². The van der Waals surface area contributed by atoms with Gasteiger partial charge in [0.2, 0.25) is 0 Å². The van der Waals surface area contributed by atoms with Crippen LogP contribution in [0.2, 0.25) is 0 Å². The molecule has 3 aliphatic rings. The topological polar surface area (TPSA) is 192 Å². The minimum atomic E-state index is -5.69. The van der Waals surface area contributed by atoms with Crippen LogP contribution in [0.1, 0.15) is 109 Å². The van der Waals surface area contributed by atoms with Gasteiger partial charge in [0.25, 0.3) is 0 Å². The number of ether oxygens (including phenoxy) is 3. The molecule has 0 saturated carbocycles. The van der Waals surface area contributed by atoms with Gasteiger partial charge in [0.15, 0.2) is 0 Å². The largest absolute Gasteiger partial charge is 0.534 e. The van der Waals surface area contributed by atoms with Crippen LogP contribution in [0.15, 0.2) is 23.7 Å². The lowest BCUT2D eigenvalue weighted by Crippen LogP contribution is -2.46. The van der Waals surface area contributed by atoms with Crippen molar-refractivity contribution in [1.29, 1.82) is 0 Å². The number of alkyl halides is 6. The van der Waals surface area contributed by atoms with Crippen LogP contribution in [-0.2, 0) is 47.6 Å². The third-order valence-electron chi connectivity index (χ3n) is 7.63. The molecule has 1 fully saturated rings. The molecule has 0 aromatic heterocycles. The molecular weight excluding hydrogens is 849 g/mol. The molecule has 342 valence electrons. The third kappa shape index (κ3) is 18.1. The van der Waals surface area contributed by atoms with Crippen molar-refractivity contribution in [3.8, 4) is 0 Å². The van der Waals surface area contributed by atoms with Crippen molar-refractivity contribution >= 4 is 44.3 Å². The maximum absolute atomic E-state index is 12.3. The average Bonchev–Trinajstić information content (AvgIpc) is 2.97. The summed E-state index contributed by atoms with van der Waals surface area (Å²) >= 11 is 0. The van der Waals surface area contributed by atoms with Crippen molar-refractivity contribution in [3.63, 3.8) is 0 Å². The Kier molecular flexibility index (Phi) is 17.6. The first kappa shape index (κ1) is 53.1. The molecule has 0 spiro atoms. The maximum atomic E-state index is 12.3. The number of carbonyl (C=O) groups excluding carboxylic acids is 4. The van der Waals surface area contributed by atoms with E-state index in [2.05, 4.69) is 8.37 Å². The predicted molar refractivity (Wildman–Crippen MR) is 199 cm³/mol. The Morgan fingerprint density at radius 2 is 0.966 bits per heavy atom. The van der Waals surface area contributed by atoms with Crippen molar-refractivity contribution in [2.24, 2.45) is 0 Å². The zero-order valence-corrected chi connectivity index (χ0v) is 36.7. The van der Waals surface area contributed by atoms with E-state index in [-0.39, 0.29) is 55.4 Å². The highest BCUT2D eigenvalue weighted by molar-refractivity contribution is 7.88. The van der Waals surface area contributed by atoms with Gasteiger partial charge in [0.05, 0.1) is 6.04 Å². The highest BCUT2D eigenvalue weighted by Crippen LogP contribution is 2.31. The Hall–Kier alpha value is -3.96. The molecule has 16 nitrogen and oxygen atoms in total. The highest BCUT2D eigenvalue weighted by Gasteiger charge is 2.50. The van der Waals surface area contributed by atoms with Gasteiger partial charge in [0, 0.05) is 57.4 Å². The van der Waals surface area contributed by atoms with E-state index in [1.165, 1.54) is 16.7 Å². The molecule has 3 unspecified atom stereocenters. The molecule has 3 atom stereocenters. The quantitative estimate of drug-likeness (QED) is 0.117. The van der Waals surface area contributed by atoms with Crippen molar-refractivity contribution in [1.82, 2.24) is 14.7 Å². The van der Waals surface area contributed by atoms with Gasteiger partial charge in [-0.1, -0.05) is 0 Å². The van der Waals surface area contributed by atoms with Gasteiger partial charge in [-0.15, -0.1) is 0 Å². The predicted octanol–water partition coefficient (Wildman–Crippen LogP) is 7.51. The number of likely N-dealkylation sites (tertiary alicyclic amines) is 1. The molecule has 3 amide bonds. The molecule has 24 heteroatoms. The van der Waals surface area contributed by atoms with E-state index >= 15 is 0 Å². The summed E-state index contributed by atoms with van der Waals surface area (Å²) in [4.78, 5) is 50.9. The van der Waals surface area contributed by atoms with Gasteiger partial charge in [0.1, 0.15) is 34.1 Å². The van der Waals surface area contributed by atoms with Crippen LogP contribution in [0.25, 0.3) is 0 Å². The van der Waals surface area contributed by atoms with Crippen molar-refractivity contribution < 1.29 is 84.9 Å². The van der Waals surface area contributed by atoms with E-state index in [4.69, 9.17) is 14.2 Å². The molecule has 3 aliphatic heterocycles. The van der Waals surface area contributed by atoms with Crippen molar-refractivity contribution in [2.45, 2.75) is 155 Å². The standard InChI is InChI=1S/2C12H18F3NO5S.C11H19NO3/c2*1-8-7-9(21-22(18,19)12(13,14)15)5-6-16(8)10(17)20-11(2,3)4;1-8-7-9(13)5-6-12(8)10(14)15-11(2,3)4/h7-8H,5-6H2,1-4H3;5,8H,6-7H2,1-4H3;8H,5-7H2,1-4H3. The molecule has 0 bridgehead atoms. The van der Waals surface area contributed by atoms with E-state index in [1.54, 1.807) is 53.4 Å². The lowest BCUT2D eigenvalue weighted by atomic mass is 10.0. The summed E-state index contributed by atoms with van der Waals surface area (Å²) < 4.78 is 141. The molecule has 0 aromatic rings. The van der Waals surface area contributed by atoms with Crippen LogP contribution in [0, 0.1) is 0 Å². The number of nitrogens with zero attached hydrogens (tertiary/aromatic N) is 3. The fraction of sp³-hybridized carbons (Fsp3) is 0.771. The average molecular weight is 904 g/mol. The summed E-state index contributed by atoms with van der Waals surface area (Å²) in [6.45, 7) is 20.9. The molecule has 59 heavy (non-hydrogen) atoms. The Labute approximate surface area is 341 Å². The molecule has 3 heterocycles. The second-order valence-corrected chi connectivity index (χ2v) is 19.7. The van der Waals surface area contributed by atoms with E-state index in [0.717, 1.165) is 12.2 Å². The molecule has 0 radical (unpaired) electrons. The normalized spacial score (nSPS) is 21.0. The summed E-state index contributed by atoms with van der Waals surface area (Å²) in [5.41, 5.74) is -12.9. The second kappa shape index (κ2) is 19.6. The summed E-state index contributed by atoms with van der Waals surface area (Å²) in [7, 11) is -11.4. The zero-order valence-electron chi connectivity index (χ0n) is 35.1. The van der Waals surface area contributed by atoms with Crippen LogP contribution in [0.3, 0.4) is 0 Å². The molecule has 0 aromatic carbocycles. The number of hydrogen-bond acceptors (Lipinski definition) is 13. The Morgan fingerprint density at radius 3 is 1.34 bits per heavy atom. The summed E-state index contributed by atoms with van der Waals surface area (Å²) in [5, 5.41) is 0. The van der Waals surface area contributed by atoms with Gasteiger partial charge in [-0.3, -0.25) is 4.79 Å². The Bertz CT molecular complexity index is 1770. The number of hydrogen-bond donors (Lipinski definition) is 0. The fourth-order valence-corrected chi connectivity index (χ4v) is 6.04. The number of Topliss-reactive ketones (excluding diaryl/α,β-unsaturated/α-hetero) is 1. The SMILES string of the molecule is CC1C=C(OS(=O)(=O)C(F)(F)F)CCN1C(=O)OC(C)(C)C.CC1CC(=O)CCN1C(=O)OC(C)(C)C.CC1CC(OS(=O)(=O)C(F)(F)F)=CCN1C(=O)OC(C)(C)C. The first-order valence-corrected chi connectivity index (χ1v) is 21.0. The monoisotopic (exact) mass is 903 g/mol. The Balaban J connectivity index is 0.000000451. The van der Waals surface area contributed by atoms with E-state index < -0.39 is 72.3 Å². The van der Waals surface area contributed by atoms with E-state index in [0.29, 0.717) is 19.4 Å². The number of carbonyl (C=O) groups is 4. The van der Waals surface area contributed by atoms with Crippen LogP contribution in [0.4, 0.5) is 40.7 Å². The lowest BCUT2D eigenvalue weighted by Gasteiger charge is -2.34. The second-order valence-electron chi connectivity index (χ2n) is 16.6. The summed E-state index contributed by atoms with van der Waals surface area (Å²) in [5.74, 6) is -0.462. The number of rotatable bonds is 4. The van der Waals surface area contributed by atoms with Crippen molar-refractivity contribution in [3.05, 3.63) is 23.7 Å². The van der Waals surface area contributed by atoms with Crippen LogP contribution < -0.4 is 0 Å². The van der Waals surface area contributed by atoms with Gasteiger partial charge >= 0.3 is 49.5 Å².